The molecular weight excluding hydrogens is 127 g/mol. The quantitative estimate of drug-likeness (QED) is 0.292. The first kappa shape index (κ1) is 375. The molecule has 0 saturated carbocycles. The Morgan fingerprint density at radius 1 is 0.750 bits per heavy atom. The molecule has 0 aromatic rings. The molecule has 0 aromatic heterocycles. The van der Waals surface area contributed by atoms with Gasteiger partial charge < -0.3 is 14.9 Å². The Bertz CT molecular complexity index is 6.00. The normalized spacial score (nSPS) is 0. The van der Waals surface area contributed by atoms with E-state index in [1.807, 2.05) is 0 Å². The second-order valence-corrected chi connectivity index (χ2v) is 0. The van der Waals surface area contributed by atoms with Gasteiger partial charge in [-0.25, -0.2) is 0 Å². The summed E-state index contributed by atoms with van der Waals surface area (Å²) in [5, 5.41) is 0. The molecular formula is H4F2GeO. The van der Waals surface area contributed by atoms with Crippen molar-refractivity contribution >= 4 is 17.6 Å². The monoisotopic (exact) mass is 132 g/mol. The first-order valence-electron chi connectivity index (χ1n) is 0. The van der Waals surface area contributed by atoms with Crippen molar-refractivity contribution < 1.29 is 14.9 Å². The third-order valence-electron chi connectivity index (χ3n) is 0. The maximum absolute atomic E-state index is 0. The van der Waals surface area contributed by atoms with Crippen LogP contribution >= 0.6 is 0 Å². The van der Waals surface area contributed by atoms with Gasteiger partial charge in [0.1, 0.15) is 0 Å². The summed E-state index contributed by atoms with van der Waals surface area (Å²) in [4.78, 5) is 0. The van der Waals surface area contributed by atoms with E-state index in [0.29, 0.717) is 0 Å². The van der Waals surface area contributed by atoms with Crippen LogP contribution in [0.4, 0.5) is 0 Å². The molecule has 0 aliphatic carbocycles. The van der Waals surface area contributed by atoms with Crippen LogP contribution in [-0.2, 0) is 0 Å². The van der Waals surface area contributed by atoms with Gasteiger partial charge >= 0.3 is 17.6 Å². The molecule has 0 amide bonds. The third-order valence-corrected chi connectivity index (χ3v) is 0. The van der Waals surface area contributed by atoms with E-state index in [1.165, 1.54) is 0 Å². The fraction of sp³-hybridized carbons (Fsp3) is 0. The second-order valence-electron chi connectivity index (χ2n) is 0. The van der Waals surface area contributed by atoms with Crippen molar-refractivity contribution in [2.45, 2.75) is 0 Å². The topological polar surface area (TPSA) is 31.5 Å². The van der Waals surface area contributed by atoms with E-state index in [2.05, 4.69) is 0 Å². The molecule has 0 radical (unpaired) electrons. The molecule has 28 valence electrons. The van der Waals surface area contributed by atoms with Crippen LogP contribution in [0.3, 0.4) is 0 Å². The van der Waals surface area contributed by atoms with Gasteiger partial charge in [0.2, 0.25) is 0 Å². The van der Waals surface area contributed by atoms with Crippen LogP contribution in [0.2, 0.25) is 0 Å². The summed E-state index contributed by atoms with van der Waals surface area (Å²) in [5.74, 6) is 0. The molecule has 1 nitrogen and oxygen atoms in total. The van der Waals surface area contributed by atoms with Crippen LogP contribution in [0, 0.1) is 0 Å². The Labute approximate surface area is 33.4 Å². The van der Waals surface area contributed by atoms with Crippen molar-refractivity contribution in [3.05, 3.63) is 0 Å². The summed E-state index contributed by atoms with van der Waals surface area (Å²) < 4.78 is 0. The van der Waals surface area contributed by atoms with Crippen LogP contribution < -0.4 is 9.41 Å². The molecule has 4 heteroatoms. The van der Waals surface area contributed by atoms with Gasteiger partial charge in [-0.2, -0.15) is 0 Å². The zero-order chi connectivity index (χ0) is 0. The Morgan fingerprint density at radius 2 is 0.750 bits per heavy atom. The summed E-state index contributed by atoms with van der Waals surface area (Å²) in [6.45, 7) is 0. The van der Waals surface area contributed by atoms with Gasteiger partial charge in [0.15, 0.2) is 0 Å². The van der Waals surface area contributed by atoms with Crippen molar-refractivity contribution in [3.8, 4) is 0 Å². The molecule has 0 heterocycles. The van der Waals surface area contributed by atoms with E-state index in [9.17, 15) is 0 Å². The van der Waals surface area contributed by atoms with Crippen molar-refractivity contribution in [2.75, 3.05) is 0 Å². The van der Waals surface area contributed by atoms with Crippen LogP contribution in [0.25, 0.3) is 0 Å². The fourth-order valence-electron chi connectivity index (χ4n) is 0. The predicted octanol–water partition coefficient (Wildman–Crippen LogP) is -7.73. The SMILES string of the molecule is O.[F-].[F-].[GeH2+2]. The average molecular weight is 131 g/mol. The van der Waals surface area contributed by atoms with E-state index < -0.39 is 0 Å². The molecule has 0 atom stereocenters. The predicted molar refractivity (Wildman–Crippen MR) is 12.2 cm³/mol. The first-order valence-corrected chi connectivity index (χ1v) is 0. The molecule has 2 N–H and O–H groups in total. The molecule has 4 heavy (non-hydrogen) atoms. The van der Waals surface area contributed by atoms with Gasteiger partial charge in [-0.3, -0.25) is 0 Å². The van der Waals surface area contributed by atoms with Crippen LogP contribution in [-0.4, -0.2) is 23.1 Å². The van der Waals surface area contributed by atoms with Crippen LogP contribution in [0.5, 0.6) is 0 Å². The number of hydrogen-bond donors (Lipinski definition) is 0. The van der Waals surface area contributed by atoms with Crippen molar-refractivity contribution in [1.82, 2.24) is 0 Å². The summed E-state index contributed by atoms with van der Waals surface area (Å²) in [5.41, 5.74) is 0. The fourth-order valence-corrected chi connectivity index (χ4v) is 0. The third kappa shape index (κ3) is 33.3. The zero-order valence-corrected chi connectivity index (χ0v) is 4.93. The van der Waals surface area contributed by atoms with Gasteiger partial charge in [-0.15, -0.1) is 0 Å². The molecule has 0 fully saturated rings. The Hall–Kier alpha value is 0.363. The molecule has 0 unspecified atom stereocenters. The standard InChI is InChI=1S/2FH.GeH2.H2O/h2*1H;2*1H2/q;;+2;/p-2. The number of halogens is 2. The van der Waals surface area contributed by atoms with E-state index in [0.717, 1.165) is 0 Å². The van der Waals surface area contributed by atoms with Gasteiger partial charge in [0.05, 0.1) is 0 Å². The van der Waals surface area contributed by atoms with Gasteiger partial charge in [0.25, 0.3) is 0 Å². The molecule has 0 spiro atoms. The Kier molecular flexibility index (Phi) is 13400. The van der Waals surface area contributed by atoms with Gasteiger partial charge in [-0.1, -0.05) is 0 Å². The molecule has 0 bridgehead atoms. The Balaban J connectivity index is 0. The summed E-state index contributed by atoms with van der Waals surface area (Å²) in [6.07, 6.45) is 0. The van der Waals surface area contributed by atoms with E-state index >= 15 is 0 Å². The number of rotatable bonds is 0. The molecule has 0 aromatic carbocycles. The second kappa shape index (κ2) is 143. The van der Waals surface area contributed by atoms with E-state index in [1.54, 1.807) is 0 Å². The van der Waals surface area contributed by atoms with Crippen LogP contribution in [0.15, 0.2) is 0 Å². The summed E-state index contributed by atoms with van der Waals surface area (Å²) >= 11 is 0. The number of hydrogen-bond acceptors (Lipinski definition) is 0. The summed E-state index contributed by atoms with van der Waals surface area (Å²) in [7, 11) is 0. The zero-order valence-electron chi connectivity index (χ0n) is 1.96. The van der Waals surface area contributed by atoms with Gasteiger partial charge in [0, 0.05) is 0 Å². The molecule has 0 rings (SSSR count). The minimum atomic E-state index is 0. The van der Waals surface area contributed by atoms with E-state index in [4.69, 9.17) is 0 Å². The van der Waals surface area contributed by atoms with Crippen molar-refractivity contribution in [1.29, 1.82) is 0 Å². The molecule has 0 aliphatic rings. The van der Waals surface area contributed by atoms with Crippen LogP contribution in [0.1, 0.15) is 0 Å². The average Bonchev–Trinajstić information content (AvgIpc) is 0. The van der Waals surface area contributed by atoms with Crippen molar-refractivity contribution in [3.63, 3.8) is 0 Å². The van der Waals surface area contributed by atoms with Crippen molar-refractivity contribution in [2.24, 2.45) is 0 Å². The van der Waals surface area contributed by atoms with E-state index in [-0.39, 0.29) is 32.5 Å². The summed E-state index contributed by atoms with van der Waals surface area (Å²) in [6, 6.07) is 0. The molecule has 0 saturated heterocycles. The molecule has 0 aliphatic heterocycles. The maximum atomic E-state index is 0. The first-order chi connectivity index (χ1) is 0. The Morgan fingerprint density at radius 3 is 0.750 bits per heavy atom. The van der Waals surface area contributed by atoms with Gasteiger partial charge in [-0.05, 0) is 0 Å². The minimum absolute atomic E-state index is 0.